The maximum atomic E-state index is 12.2. The highest BCUT2D eigenvalue weighted by molar-refractivity contribution is 7.16. The zero-order valence-corrected chi connectivity index (χ0v) is 15.7. The third-order valence-electron chi connectivity index (χ3n) is 4.13. The van der Waals surface area contributed by atoms with Crippen molar-refractivity contribution in [1.82, 2.24) is 15.2 Å². The van der Waals surface area contributed by atoms with Crippen LogP contribution in [0.1, 0.15) is 28.5 Å². The van der Waals surface area contributed by atoms with Crippen molar-refractivity contribution in [2.45, 2.75) is 19.9 Å². The van der Waals surface area contributed by atoms with Gasteiger partial charge in [-0.1, -0.05) is 6.07 Å². The van der Waals surface area contributed by atoms with Gasteiger partial charge in [0.2, 0.25) is 5.91 Å². The molecule has 2 aromatic rings. The number of amides is 3. The molecule has 8 heteroatoms. The molecule has 0 aromatic carbocycles. The minimum Gasteiger partial charge on any atom is -0.338 e. The van der Waals surface area contributed by atoms with E-state index in [1.54, 1.807) is 29.4 Å². The van der Waals surface area contributed by atoms with E-state index in [-0.39, 0.29) is 11.9 Å². The molecule has 0 fully saturated rings. The molecule has 1 aliphatic heterocycles. The summed E-state index contributed by atoms with van der Waals surface area (Å²) < 4.78 is 0. The maximum absolute atomic E-state index is 12.2. The second kappa shape index (κ2) is 8.47. The van der Waals surface area contributed by atoms with Gasteiger partial charge < -0.3 is 15.5 Å². The van der Waals surface area contributed by atoms with Gasteiger partial charge >= 0.3 is 6.03 Å². The number of pyridine rings is 1. The van der Waals surface area contributed by atoms with Crippen molar-refractivity contribution in [3.63, 3.8) is 0 Å². The van der Waals surface area contributed by atoms with Gasteiger partial charge in [-0.3, -0.25) is 9.78 Å². The third-order valence-corrected chi connectivity index (χ3v) is 5.26. The van der Waals surface area contributed by atoms with E-state index in [0.29, 0.717) is 36.6 Å². The Morgan fingerprint density at radius 2 is 2.33 bits per heavy atom. The number of carbonyl (C=O) groups is 2. The summed E-state index contributed by atoms with van der Waals surface area (Å²) >= 11 is 1.35. The predicted molar refractivity (Wildman–Crippen MR) is 104 cm³/mol. The Morgan fingerprint density at radius 1 is 1.48 bits per heavy atom. The largest absolute Gasteiger partial charge is 0.338 e. The molecule has 1 aliphatic rings. The van der Waals surface area contributed by atoms with E-state index >= 15 is 0 Å². The molecule has 3 heterocycles. The molecule has 138 valence electrons. The monoisotopic (exact) mass is 381 g/mol. The van der Waals surface area contributed by atoms with E-state index in [1.165, 1.54) is 17.4 Å². The van der Waals surface area contributed by atoms with Gasteiger partial charge in [-0.05, 0) is 36.6 Å². The molecular formula is C19H19N5O2S. The Labute approximate surface area is 161 Å². The van der Waals surface area contributed by atoms with Gasteiger partial charge in [-0.2, -0.15) is 5.26 Å². The molecule has 0 radical (unpaired) electrons. The Kier molecular flexibility index (Phi) is 5.84. The second-order valence-electron chi connectivity index (χ2n) is 5.94. The number of hydrogen-bond donors (Lipinski definition) is 2. The van der Waals surface area contributed by atoms with Crippen molar-refractivity contribution in [3.05, 3.63) is 52.2 Å². The van der Waals surface area contributed by atoms with Crippen LogP contribution >= 0.6 is 11.3 Å². The number of nitriles is 1. The minimum absolute atomic E-state index is 0.111. The van der Waals surface area contributed by atoms with E-state index in [9.17, 15) is 14.9 Å². The summed E-state index contributed by atoms with van der Waals surface area (Å²) in [6, 6.07) is 5.72. The van der Waals surface area contributed by atoms with Crippen LogP contribution in [0.25, 0.3) is 6.08 Å². The lowest BCUT2D eigenvalue weighted by molar-refractivity contribution is -0.111. The number of nitrogens with one attached hydrogen (secondary N) is 2. The van der Waals surface area contributed by atoms with Crippen LogP contribution in [0.2, 0.25) is 0 Å². The van der Waals surface area contributed by atoms with Crippen molar-refractivity contribution in [2.24, 2.45) is 0 Å². The molecule has 7 nitrogen and oxygen atoms in total. The average molecular weight is 381 g/mol. The summed E-state index contributed by atoms with van der Waals surface area (Å²) in [5.74, 6) is -0.311. The lowest BCUT2D eigenvalue weighted by Gasteiger charge is -2.26. The van der Waals surface area contributed by atoms with Crippen LogP contribution in [0.3, 0.4) is 0 Å². The summed E-state index contributed by atoms with van der Waals surface area (Å²) in [6.07, 6.45) is 7.00. The molecule has 0 bridgehead atoms. The number of aromatic nitrogens is 1. The lowest BCUT2D eigenvalue weighted by Crippen LogP contribution is -2.42. The highest BCUT2D eigenvalue weighted by atomic mass is 32.1. The summed E-state index contributed by atoms with van der Waals surface area (Å²) in [6.45, 7) is 3.44. The summed E-state index contributed by atoms with van der Waals surface area (Å²) in [5, 5.41) is 15.6. The van der Waals surface area contributed by atoms with Crippen molar-refractivity contribution >= 4 is 34.4 Å². The van der Waals surface area contributed by atoms with Crippen LogP contribution in [0, 0.1) is 11.3 Å². The van der Waals surface area contributed by atoms with E-state index in [2.05, 4.69) is 21.7 Å². The summed E-state index contributed by atoms with van der Waals surface area (Å²) in [7, 11) is 0. The summed E-state index contributed by atoms with van der Waals surface area (Å²) in [5.41, 5.74) is 2.24. The molecule has 2 N–H and O–H groups in total. The maximum Gasteiger partial charge on any atom is 0.317 e. The fraction of sp³-hybridized carbons (Fsp3) is 0.263. The van der Waals surface area contributed by atoms with Gasteiger partial charge in [0.15, 0.2) is 0 Å². The van der Waals surface area contributed by atoms with Crippen molar-refractivity contribution in [2.75, 3.05) is 18.4 Å². The number of carbonyl (C=O) groups excluding carboxylic acids is 2. The Hall–Kier alpha value is -3.18. The van der Waals surface area contributed by atoms with E-state index in [1.807, 2.05) is 13.0 Å². The number of fused-ring (bicyclic) bond motifs is 1. The first-order valence-corrected chi connectivity index (χ1v) is 9.40. The molecule has 0 atom stereocenters. The number of hydrogen-bond acceptors (Lipinski definition) is 5. The SMILES string of the molecule is CCNC(=O)N1CCc2c(sc(NC(=O)C=Cc3cccnc3)c2C#N)C1. The number of urea groups is 1. The van der Waals surface area contributed by atoms with Gasteiger partial charge in [0.05, 0.1) is 12.1 Å². The summed E-state index contributed by atoms with van der Waals surface area (Å²) in [4.78, 5) is 30.9. The van der Waals surface area contributed by atoms with Crippen LogP contribution < -0.4 is 10.6 Å². The van der Waals surface area contributed by atoms with Crippen molar-refractivity contribution in [3.8, 4) is 6.07 Å². The molecule has 0 spiro atoms. The zero-order valence-electron chi connectivity index (χ0n) is 14.9. The van der Waals surface area contributed by atoms with Gasteiger partial charge in [-0.15, -0.1) is 11.3 Å². The van der Waals surface area contributed by atoms with Gasteiger partial charge in [0, 0.05) is 36.4 Å². The molecule has 2 aromatic heterocycles. The molecule has 0 unspecified atom stereocenters. The minimum atomic E-state index is -0.311. The highest BCUT2D eigenvalue weighted by Gasteiger charge is 2.27. The molecule has 27 heavy (non-hydrogen) atoms. The molecule has 0 saturated heterocycles. The van der Waals surface area contributed by atoms with Crippen molar-refractivity contribution < 1.29 is 9.59 Å². The van der Waals surface area contributed by atoms with Gasteiger partial charge in [0.1, 0.15) is 11.1 Å². The lowest BCUT2D eigenvalue weighted by atomic mass is 10.0. The number of anilines is 1. The molecule has 3 amide bonds. The van der Waals surface area contributed by atoms with Crippen LogP contribution in [0.4, 0.5) is 9.80 Å². The molecular weight excluding hydrogens is 362 g/mol. The number of thiophene rings is 1. The molecule has 3 rings (SSSR count). The smallest absolute Gasteiger partial charge is 0.317 e. The van der Waals surface area contributed by atoms with Gasteiger partial charge in [-0.25, -0.2) is 4.79 Å². The van der Waals surface area contributed by atoms with Crippen molar-refractivity contribution in [1.29, 1.82) is 5.26 Å². The third kappa shape index (κ3) is 4.33. The first kappa shape index (κ1) is 18.6. The molecule has 0 aliphatic carbocycles. The Balaban J connectivity index is 1.74. The number of rotatable bonds is 4. The molecule has 0 saturated carbocycles. The quantitative estimate of drug-likeness (QED) is 0.796. The fourth-order valence-electron chi connectivity index (χ4n) is 2.85. The average Bonchev–Trinajstić information content (AvgIpc) is 3.03. The van der Waals surface area contributed by atoms with Crippen LogP contribution in [-0.4, -0.2) is 34.9 Å². The Bertz CT molecular complexity index is 914. The normalized spacial score (nSPS) is 13.1. The van der Waals surface area contributed by atoms with Crippen LogP contribution in [0.5, 0.6) is 0 Å². The first-order chi connectivity index (χ1) is 13.1. The Morgan fingerprint density at radius 3 is 3.04 bits per heavy atom. The van der Waals surface area contributed by atoms with Crippen LogP contribution in [0.15, 0.2) is 30.6 Å². The van der Waals surface area contributed by atoms with E-state index in [0.717, 1.165) is 16.0 Å². The van der Waals surface area contributed by atoms with E-state index < -0.39 is 0 Å². The van der Waals surface area contributed by atoms with Gasteiger partial charge in [0.25, 0.3) is 0 Å². The topological polar surface area (TPSA) is 98.1 Å². The predicted octanol–water partition coefficient (Wildman–Crippen LogP) is 2.75. The number of nitrogens with zero attached hydrogens (tertiary/aromatic N) is 3. The second-order valence-corrected chi connectivity index (χ2v) is 7.04. The first-order valence-electron chi connectivity index (χ1n) is 8.59. The fourth-order valence-corrected chi connectivity index (χ4v) is 4.06. The van der Waals surface area contributed by atoms with Crippen LogP contribution in [-0.2, 0) is 17.8 Å². The standard InChI is InChI=1S/C19H19N5O2S/c1-2-22-19(26)24-9-7-14-15(10-20)18(27-16(14)12-24)23-17(25)6-5-13-4-3-8-21-11-13/h3-6,8,11H,2,7,9,12H2,1H3,(H,22,26)(H,23,25). The zero-order chi connectivity index (χ0) is 19.2. The van der Waals surface area contributed by atoms with E-state index in [4.69, 9.17) is 0 Å². The highest BCUT2D eigenvalue weighted by Crippen LogP contribution is 2.36.